The summed E-state index contributed by atoms with van der Waals surface area (Å²) in [7, 11) is 0. The summed E-state index contributed by atoms with van der Waals surface area (Å²) in [4.78, 5) is 26.9. The molecule has 0 unspecified atom stereocenters. The monoisotopic (exact) mass is 335 g/mol. The van der Waals surface area contributed by atoms with Gasteiger partial charge in [0.05, 0.1) is 17.6 Å². The van der Waals surface area contributed by atoms with Crippen molar-refractivity contribution >= 4 is 33.5 Å². The molecular formula is C19H21N5O. The number of amides is 1. The number of nitrogens with zero attached hydrogens (tertiary/aromatic N) is 3. The Labute approximate surface area is 145 Å². The van der Waals surface area contributed by atoms with Crippen molar-refractivity contribution in [1.82, 2.24) is 20.3 Å². The summed E-state index contributed by atoms with van der Waals surface area (Å²) < 4.78 is 0. The second-order valence-corrected chi connectivity index (χ2v) is 7.16. The predicted octanol–water partition coefficient (Wildman–Crippen LogP) is 2.61. The van der Waals surface area contributed by atoms with Crippen LogP contribution < -0.4 is 10.2 Å². The van der Waals surface area contributed by atoms with E-state index in [4.69, 9.17) is 0 Å². The van der Waals surface area contributed by atoms with Crippen LogP contribution in [0.5, 0.6) is 0 Å². The molecule has 2 fully saturated rings. The molecule has 0 radical (unpaired) electrons. The first-order valence-corrected chi connectivity index (χ1v) is 9.06. The third-order valence-corrected chi connectivity index (χ3v) is 5.33. The average Bonchev–Trinajstić information content (AvgIpc) is 3.33. The number of hydrogen-bond donors (Lipinski definition) is 2. The van der Waals surface area contributed by atoms with Crippen LogP contribution in [0.3, 0.4) is 0 Å². The Kier molecular flexibility index (Phi) is 3.36. The summed E-state index contributed by atoms with van der Waals surface area (Å²) in [5.41, 5.74) is 2.93. The van der Waals surface area contributed by atoms with Crippen LogP contribution in [0.2, 0.25) is 0 Å². The van der Waals surface area contributed by atoms with E-state index in [9.17, 15) is 4.79 Å². The molecule has 2 N–H and O–H groups in total. The lowest BCUT2D eigenvalue weighted by Gasteiger charge is -2.34. The van der Waals surface area contributed by atoms with Gasteiger partial charge in [0.25, 0.3) is 0 Å². The summed E-state index contributed by atoms with van der Waals surface area (Å²) in [6, 6.07) is 4.54. The van der Waals surface area contributed by atoms with E-state index in [1.54, 1.807) is 0 Å². The summed E-state index contributed by atoms with van der Waals surface area (Å²) in [6.07, 6.45) is 9.85. The molecular weight excluding hydrogens is 314 g/mol. The molecule has 6 nitrogen and oxygen atoms in total. The summed E-state index contributed by atoms with van der Waals surface area (Å²) >= 11 is 0. The first kappa shape index (κ1) is 14.7. The Bertz CT molecular complexity index is 945. The van der Waals surface area contributed by atoms with Gasteiger partial charge < -0.3 is 15.2 Å². The van der Waals surface area contributed by atoms with Crippen molar-refractivity contribution < 1.29 is 4.79 Å². The van der Waals surface area contributed by atoms with Gasteiger partial charge in [-0.05, 0) is 37.8 Å². The largest absolute Gasteiger partial charge is 0.370 e. The van der Waals surface area contributed by atoms with Crippen molar-refractivity contribution in [2.45, 2.75) is 31.7 Å². The van der Waals surface area contributed by atoms with Crippen molar-refractivity contribution in [3.05, 3.63) is 30.7 Å². The minimum absolute atomic E-state index is 0.0705. The minimum Gasteiger partial charge on any atom is -0.370 e. The Morgan fingerprint density at radius 1 is 1.24 bits per heavy atom. The molecule has 0 aromatic carbocycles. The third-order valence-electron chi connectivity index (χ3n) is 5.33. The van der Waals surface area contributed by atoms with Crippen LogP contribution in [0.25, 0.3) is 21.9 Å². The van der Waals surface area contributed by atoms with Crippen molar-refractivity contribution in [2.75, 3.05) is 18.0 Å². The fraction of sp³-hybridized carbons (Fsp3) is 0.421. The van der Waals surface area contributed by atoms with Crippen LogP contribution in [0.4, 0.5) is 5.69 Å². The van der Waals surface area contributed by atoms with Gasteiger partial charge in [-0.15, -0.1) is 0 Å². The molecule has 0 spiro atoms. The van der Waals surface area contributed by atoms with E-state index in [0.29, 0.717) is 6.04 Å². The highest BCUT2D eigenvalue weighted by atomic mass is 16.2. The van der Waals surface area contributed by atoms with Crippen LogP contribution in [0.1, 0.15) is 25.7 Å². The van der Waals surface area contributed by atoms with Gasteiger partial charge in [-0.2, -0.15) is 0 Å². The van der Waals surface area contributed by atoms with Crippen LogP contribution >= 0.6 is 0 Å². The molecule has 5 rings (SSSR count). The Morgan fingerprint density at radius 2 is 2.16 bits per heavy atom. The number of hydrogen-bond acceptors (Lipinski definition) is 4. The maximum Gasteiger partial charge on any atom is 0.225 e. The highest BCUT2D eigenvalue weighted by Crippen LogP contribution is 2.33. The minimum atomic E-state index is 0.0705. The van der Waals surface area contributed by atoms with Crippen molar-refractivity contribution in [2.24, 2.45) is 5.92 Å². The molecule has 3 aromatic rings. The van der Waals surface area contributed by atoms with Gasteiger partial charge in [0.1, 0.15) is 5.65 Å². The zero-order valence-corrected chi connectivity index (χ0v) is 14.0. The van der Waals surface area contributed by atoms with Gasteiger partial charge in [-0.3, -0.25) is 9.78 Å². The molecule has 2 aliphatic rings. The van der Waals surface area contributed by atoms with Gasteiger partial charge in [0.2, 0.25) is 5.91 Å². The molecule has 0 bridgehead atoms. The van der Waals surface area contributed by atoms with Crippen LogP contribution in [-0.2, 0) is 4.79 Å². The number of piperidine rings is 1. The van der Waals surface area contributed by atoms with Crippen LogP contribution in [0, 0.1) is 5.92 Å². The van der Waals surface area contributed by atoms with Gasteiger partial charge in [0, 0.05) is 48.0 Å². The quantitative estimate of drug-likeness (QED) is 0.771. The van der Waals surface area contributed by atoms with E-state index in [1.807, 2.05) is 18.6 Å². The fourth-order valence-electron chi connectivity index (χ4n) is 3.86. The number of pyridine rings is 2. The lowest BCUT2D eigenvalue weighted by Crippen LogP contribution is -2.43. The van der Waals surface area contributed by atoms with Crippen molar-refractivity contribution in [1.29, 1.82) is 0 Å². The average molecular weight is 335 g/mol. The highest BCUT2D eigenvalue weighted by molar-refractivity contribution is 6.10. The highest BCUT2D eigenvalue weighted by Gasteiger charge is 2.31. The number of H-pyrrole nitrogens is 1. The number of aromatic amines is 1. The lowest BCUT2D eigenvalue weighted by atomic mass is 9.96. The van der Waals surface area contributed by atoms with E-state index in [2.05, 4.69) is 37.3 Å². The van der Waals surface area contributed by atoms with E-state index < -0.39 is 0 Å². The van der Waals surface area contributed by atoms with Gasteiger partial charge in [-0.25, -0.2) is 4.98 Å². The summed E-state index contributed by atoms with van der Waals surface area (Å²) in [6.45, 7) is 1.74. The first-order valence-electron chi connectivity index (χ1n) is 9.06. The van der Waals surface area contributed by atoms with E-state index in [-0.39, 0.29) is 11.8 Å². The lowest BCUT2D eigenvalue weighted by molar-refractivity contribution is -0.125. The molecule has 128 valence electrons. The van der Waals surface area contributed by atoms with Crippen LogP contribution in [-0.4, -0.2) is 40.0 Å². The maximum atomic E-state index is 12.5. The molecule has 1 aliphatic carbocycles. The van der Waals surface area contributed by atoms with E-state index >= 15 is 0 Å². The fourth-order valence-corrected chi connectivity index (χ4v) is 3.86. The number of carbonyl (C=O) groups excluding carboxylic acids is 1. The number of carbonyl (C=O) groups is 1. The van der Waals surface area contributed by atoms with E-state index in [1.165, 1.54) is 0 Å². The Hall–Kier alpha value is -2.63. The molecule has 4 heterocycles. The molecule has 6 heteroatoms. The Morgan fingerprint density at radius 3 is 3.04 bits per heavy atom. The van der Waals surface area contributed by atoms with Crippen LogP contribution in [0.15, 0.2) is 30.7 Å². The molecule has 1 saturated heterocycles. The standard InChI is InChI=1S/C19H21N5O/c25-19(23-13-3-4-13)12-2-1-9-24(11-12)16-6-8-20-15-10-22-18-14(17(15)16)5-7-21-18/h5-8,10,12-13H,1-4,9,11H2,(H,21,22)(H,23,25)/t12-/m0/s1. The number of anilines is 1. The third kappa shape index (κ3) is 2.62. The predicted molar refractivity (Wildman–Crippen MR) is 97.5 cm³/mol. The van der Waals surface area contributed by atoms with Crippen molar-refractivity contribution in [3.8, 4) is 0 Å². The topological polar surface area (TPSA) is 73.9 Å². The number of nitrogens with one attached hydrogen (secondary N) is 2. The summed E-state index contributed by atoms with van der Waals surface area (Å²) in [5, 5.41) is 5.38. The molecule has 1 saturated carbocycles. The number of fused-ring (bicyclic) bond motifs is 3. The normalized spacial score (nSPS) is 21.0. The smallest absolute Gasteiger partial charge is 0.225 e. The zero-order valence-electron chi connectivity index (χ0n) is 14.0. The zero-order chi connectivity index (χ0) is 16.8. The van der Waals surface area contributed by atoms with Gasteiger partial charge >= 0.3 is 0 Å². The van der Waals surface area contributed by atoms with Crippen molar-refractivity contribution in [3.63, 3.8) is 0 Å². The maximum absolute atomic E-state index is 12.5. The Balaban J connectivity index is 1.51. The second kappa shape index (κ2) is 5.72. The SMILES string of the molecule is O=C(NC1CC1)[C@H]1CCCN(c2ccnc3cnc4[nH]ccc4c23)C1. The first-order chi connectivity index (χ1) is 12.3. The van der Waals surface area contributed by atoms with Gasteiger partial charge in [0.15, 0.2) is 0 Å². The number of rotatable bonds is 3. The molecule has 1 atom stereocenters. The molecule has 25 heavy (non-hydrogen) atoms. The number of aromatic nitrogens is 3. The van der Waals surface area contributed by atoms with Gasteiger partial charge in [-0.1, -0.05) is 0 Å². The summed E-state index contributed by atoms with van der Waals surface area (Å²) in [5.74, 6) is 0.292. The molecule has 1 amide bonds. The van der Waals surface area contributed by atoms with E-state index in [0.717, 1.165) is 66.4 Å². The molecule has 1 aliphatic heterocycles. The second-order valence-electron chi connectivity index (χ2n) is 7.16. The molecule has 3 aromatic heterocycles.